The first-order chi connectivity index (χ1) is 3.43. The van der Waals surface area contributed by atoms with Gasteiger partial charge in [0.2, 0.25) is 0 Å². The number of hydrogen-bond acceptors (Lipinski definition) is 1. The molecule has 0 N–H and O–H groups in total. The predicted octanol–water partition coefficient (Wildman–Crippen LogP) is 1.22. The zero-order valence-corrected chi connectivity index (χ0v) is 5.80. The van der Waals surface area contributed by atoms with Gasteiger partial charge in [-0.2, -0.15) is 0 Å². The molecule has 51 valence electrons. The fourth-order valence-corrected chi connectivity index (χ4v) is 0.924. The molecule has 1 radical (unpaired) electrons. The summed E-state index contributed by atoms with van der Waals surface area (Å²) in [5.74, 6) is 0. The smallest absolute Gasteiger partial charge is 0.0172 e. The Morgan fingerprint density at radius 2 is 1.75 bits per heavy atom. The zero-order valence-electron chi connectivity index (χ0n) is 4.86. The van der Waals surface area contributed by atoms with Gasteiger partial charge in [0.25, 0.3) is 0 Å². The zero-order chi connectivity index (χ0) is 5.11. The number of hydrogen-bond donors (Lipinski definition) is 0. The minimum atomic E-state index is 0. The summed E-state index contributed by atoms with van der Waals surface area (Å²) < 4.78 is 0. The van der Waals surface area contributed by atoms with Crippen LogP contribution in [0, 0.1) is 0 Å². The molecule has 0 aromatic rings. The molecule has 8 heavy (non-hydrogen) atoms. The van der Waals surface area contributed by atoms with Gasteiger partial charge in [-0.25, -0.2) is 0 Å². The van der Waals surface area contributed by atoms with E-state index in [0.29, 0.717) is 0 Å². The van der Waals surface area contributed by atoms with Crippen LogP contribution in [0.4, 0.5) is 0 Å². The summed E-state index contributed by atoms with van der Waals surface area (Å²) >= 11 is 0. The molecule has 1 nitrogen and oxygen atoms in total. The van der Waals surface area contributed by atoms with E-state index in [1.54, 1.807) is 0 Å². The molecule has 0 aromatic carbocycles. The van der Waals surface area contributed by atoms with Crippen molar-refractivity contribution in [2.45, 2.75) is 12.8 Å². The second kappa shape index (κ2) is 3.99. The largest absolute Gasteiger partial charge is 0.378 e. The Morgan fingerprint density at radius 1 is 1.25 bits per heavy atom. The number of nitrogens with zero attached hydrogens (tertiary/aromatic N) is 1. The van der Waals surface area contributed by atoms with Crippen LogP contribution in [0.15, 0.2) is 12.8 Å². The molecule has 1 aliphatic rings. The van der Waals surface area contributed by atoms with Gasteiger partial charge < -0.3 is 4.90 Å². The van der Waals surface area contributed by atoms with Crippen molar-refractivity contribution in [1.82, 2.24) is 4.90 Å². The average molecular weight is 161 g/mol. The quantitative estimate of drug-likeness (QED) is 0.522. The Hall–Kier alpha value is 0.0595. The van der Waals surface area contributed by atoms with E-state index in [1.165, 1.54) is 25.9 Å². The first-order valence-corrected chi connectivity index (χ1v) is 2.80. The normalized spacial score (nSPS) is 17.8. The topological polar surface area (TPSA) is 3.24 Å². The van der Waals surface area contributed by atoms with Crippen molar-refractivity contribution in [1.29, 1.82) is 0 Å². The van der Waals surface area contributed by atoms with Gasteiger partial charge in [-0.05, 0) is 19.0 Å². The van der Waals surface area contributed by atoms with Crippen LogP contribution < -0.4 is 0 Å². The molecule has 2 heteroatoms. The first-order valence-electron chi connectivity index (χ1n) is 2.80. The third-order valence-corrected chi connectivity index (χ3v) is 1.40. The van der Waals surface area contributed by atoms with E-state index in [1.807, 2.05) is 6.20 Å². The van der Waals surface area contributed by atoms with Gasteiger partial charge in [0.15, 0.2) is 0 Å². The van der Waals surface area contributed by atoms with Gasteiger partial charge in [0, 0.05) is 30.2 Å². The van der Waals surface area contributed by atoms with Crippen LogP contribution in [0.2, 0.25) is 0 Å². The van der Waals surface area contributed by atoms with E-state index >= 15 is 0 Å². The van der Waals surface area contributed by atoms with Crippen LogP contribution in [0.25, 0.3) is 0 Å². The molecule has 0 aromatic heterocycles. The van der Waals surface area contributed by atoms with Gasteiger partial charge in [-0.3, -0.25) is 0 Å². The molecule has 0 bridgehead atoms. The molecule has 0 aliphatic carbocycles. The summed E-state index contributed by atoms with van der Waals surface area (Å²) in [6.07, 6.45) is 4.63. The molecule has 1 aliphatic heterocycles. The molecule has 1 heterocycles. The Balaban J connectivity index is 0.000000490. The Labute approximate surface area is 61.2 Å². The van der Waals surface area contributed by atoms with Crippen molar-refractivity contribution in [3.8, 4) is 0 Å². The molecule has 1 rings (SSSR count). The summed E-state index contributed by atoms with van der Waals surface area (Å²) in [5.41, 5.74) is 0. The third kappa shape index (κ3) is 1.89. The standard InChI is InChI=1S/C6H11N.Cu/c1-2-7-5-3-4-6-7;/h2H,1,3-6H2;. The second-order valence-corrected chi connectivity index (χ2v) is 1.93. The molecule has 0 atom stereocenters. The fraction of sp³-hybridized carbons (Fsp3) is 0.667. The van der Waals surface area contributed by atoms with E-state index in [4.69, 9.17) is 0 Å². The Bertz CT molecular complexity index is 66.9. The maximum Gasteiger partial charge on any atom is 0.0172 e. The Morgan fingerprint density at radius 3 is 2.00 bits per heavy atom. The summed E-state index contributed by atoms with van der Waals surface area (Å²) in [7, 11) is 0. The van der Waals surface area contributed by atoms with Crippen LogP contribution in [0.1, 0.15) is 12.8 Å². The molecule has 0 spiro atoms. The Kier molecular flexibility index (Phi) is 4.02. The molecule has 1 saturated heterocycles. The van der Waals surface area contributed by atoms with E-state index in [0.717, 1.165) is 0 Å². The molecule has 1 fully saturated rings. The van der Waals surface area contributed by atoms with Crippen molar-refractivity contribution in [3.05, 3.63) is 12.8 Å². The van der Waals surface area contributed by atoms with E-state index < -0.39 is 0 Å². The van der Waals surface area contributed by atoms with Gasteiger partial charge in [0.1, 0.15) is 0 Å². The number of rotatable bonds is 1. The molecular weight excluding hydrogens is 150 g/mol. The van der Waals surface area contributed by atoms with Crippen molar-refractivity contribution < 1.29 is 17.1 Å². The monoisotopic (exact) mass is 160 g/mol. The minimum absolute atomic E-state index is 0. The van der Waals surface area contributed by atoms with Crippen LogP contribution in [-0.4, -0.2) is 18.0 Å². The van der Waals surface area contributed by atoms with Crippen molar-refractivity contribution in [3.63, 3.8) is 0 Å². The van der Waals surface area contributed by atoms with Crippen LogP contribution in [0.3, 0.4) is 0 Å². The van der Waals surface area contributed by atoms with Gasteiger partial charge in [-0.1, -0.05) is 6.58 Å². The third-order valence-electron chi connectivity index (χ3n) is 1.40. The van der Waals surface area contributed by atoms with Crippen LogP contribution in [0.5, 0.6) is 0 Å². The van der Waals surface area contributed by atoms with Gasteiger partial charge >= 0.3 is 0 Å². The summed E-state index contributed by atoms with van der Waals surface area (Å²) in [5, 5.41) is 0. The molecule has 0 amide bonds. The van der Waals surface area contributed by atoms with Crippen LogP contribution in [-0.2, 0) is 17.1 Å². The molecular formula is C6H11CuN. The molecule has 0 unspecified atom stereocenters. The second-order valence-electron chi connectivity index (χ2n) is 1.93. The average Bonchev–Trinajstić information content (AvgIpc) is 2.14. The van der Waals surface area contributed by atoms with E-state index in [-0.39, 0.29) is 17.1 Å². The van der Waals surface area contributed by atoms with Gasteiger partial charge in [0.05, 0.1) is 0 Å². The van der Waals surface area contributed by atoms with E-state index in [9.17, 15) is 0 Å². The summed E-state index contributed by atoms with van der Waals surface area (Å²) in [6, 6.07) is 0. The number of likely N-dealkylation sites (tertiary alicyclic amines) is 1. The molecule has 0 saturated carbocycles. The fourth-order valence-electron chi connectivity index (χ4n) is 0.924. The maximum atomic E-state index is 3.67. The maximum absolute atomic E-state index is 3.67. The van der Waals surface area contributed by atoms with E-state index in [2.05, 4.69) is 11.5 Å². The predicted molar refractivity (Wildman–Crippen MR) is 31.0 cm³/mol. The summed E-state index contributed by atoms with van der Waals surface area (Å²) in [6.45, 7) is 6.12. The van der Waals surface area contributed by atoms with Crippen molar-refractivity contribution >= 4 is 0 Å². The van der Waals surface area contributed by atoms with Crippen LogP contribution >= 0.6 is 0 Å². The van der Waals surface area contributed by atoms with Crippen molar-refractivity contribution in [2.24, 2.45) is 0 Å². The van der Waals surface area contributed by atoms with Crippen molar-refractivity contribution in [2.75, 3.05) is 13.1 Å². The first kappa shape index (κ1) is 8.06. The van der Waals surface area contributed by atoms with Gasteiger partial charge in [-0.15, -0.1) is 0 Å². The summed E-state index contributed by atoms with van der Waals surface area (Å²) in [4.78, 5) is 2.25. The minimum Gasteiger partial charge on any atom is -0.378 e. The SMILES string of the molecule is C=CN1CCCC1.[Cu].